The zero-order valence-corrected chi connectivity index (χ0v) is 20.6. The van der Waals surface area contributed by atoms with E-state index in [4.69, 9.17) is 0 Å². The molecule has 9 nitrogen and oxygen atoms in total. The van der Waals surface area contributed by atoms with Crippen LogP contribution >= 0.6 is 11.3 Å². The highest BCUT2D eigenvalue weighted by molar-refractivity contribution is 7.10. The number of piperidine rings is 1. The van der Waals surface area contributed by atoms with E-state index in [1.807, 2.05) is 21.6 Å². The molecule has 2 aliphatic rings. The molecule has 0 unspecified atom stereocenters. The molecule has 0 atom stereocenters. The van der Waals surface area contributed by atoms with Gasteiger partial charge in [-0.05, 0) is 42.0 Å². The number of aromatic nitrogens is 5. The summed E-state index contributed by atoms with van der Waals surface area (Å²) in [6.45, 7) is 7.13. The molecular formula is C25H27N7O2S. The Labute approximate surface area is 206 Å². The Kier molecular flexibility index (Phi) is 5.21. The van der Waals surface area contributed by atoms with Gasteiger partial charge in [-0.3, -0.25) is 14.3 Å². The Bertz CT molecular complexity index is 1460. The topological polar surface area (TPSA) is 100 Å². The molecule has 0 bridgehead atoms. The zero-order valence-electron chi connectivity index (χ0n) is 19.8. The maximum absolute atomic E-state index is 13.4. The van der Waals surface area contributed by atoms with Crippen molar-refractivity contribution >= 4 is 34.2 Å². The van der Waals surface area contributed by atoms with Crippen molar-refractivity contribution in [1.82, 2.24) is 29.4 Å². The van der Waals surface area contributed by atoms with E-state index >= 15 is 0 Å². The summed E-state index contributed by atoms with van der Waals surface area (Å²) in [4.78, 5) is 47.3. The number of hydrogen-bond acceptors (Lipinski definition) is 7. The van der Waals surface area contributed by atoms with Crippen LogP contribution in [0.5, 0.6) is 0 Å². The van der Waals surface area contributed by atoms with E-state index in [0.29, 0.717) is 24.4 Å². The lowest BCUT2D eigenvalue weighted by atomic mass is 9.85. The van der Waals surface area contributed by atoms with Crippen molar-refractivity contribution in [3.63, 3.8) is 0 Å². The summed E-state index contributed by atoms with van der Waals surface area (Å²) in [7, 11) is 0. The average Bonchev–Trinajstić information content (AvgIpc) is 3.48. The standard InChI is InChI=1S/C25H27N7O2S/c1-25(2)14-31(13-16-7-11-35-21(16)25)23(33)18-12-20(28-15-27-18)30-9-5-17(6-10-30)32-19-4-3-8-26-22(19)29-24(32)34/h3-4,7-8,11-12,15,17H,5-6,9-10,13-14H2,1-2H3,(H,26,29,34). The first-order chi connectivity index (χ1) is 16.9. The van der Waals surface area contributed by atoms with E-state index in [-0.39, 0.29) is 23.1 Å². The molecule has 6 rings (SSSR count). The van der Waals surface area contributed by atoms with Crippen LogP contribution < -0.4 is 10.6 Å². The Morgan fingerprint density at radius 3 is 2.83 bits per heavy atom. The van der Waals surface area contributed by atoms with E-state index in [1.54, 1.807) is 23.6 Å². The van der Waals surface area contributed by atoms with Gasteiger partial charge in [0.05, 0.1) is 5.52 Å². The third-order valence-electron chi connectivity index (χ3n) is 7.11. The third-order valence-corrected chi connectivity index (χ3v) is 8.43. The number of imidazole rings is 1. The normalized spacial score (nSPS) is 18.1. The van der Waals surface area contributed by atoms with Crippen molar-refractivity contribution in [2.75, 3.05) is 24.5 Å². The van der Waals surface area contributed by atoms with E-state index in [9.17, 15) is 9.59 Å². The van der Waals surface area contributed by atoms with Crippen molar-refractivity contribution in [2.24, 2.45) is 0 Å². The molecule has 0 radical (unpaired) electrons. The van der Waals surface area contributed by atoms with Crippen LogP contribution in [0.25, 0.3) is 11.2 Å². The summed E-state index contributed by atoms with van der Waals surface area (Å²) in [5.74, 6) is 0.688. The maximum Gasteiger partial charge on any atom is 0.327 e. The number of thiophene rings is 1. The van der Waals surface area contributed by atoms with Crippen LogP contribution in [0.4, 0.5) is 5.82 Å². The summed E-state index contributed by atoms with van der Waals surface area (Å²) >= 11 is 1.77. The lowest BCUT2D eigenvalue weighted by molar-refractivity contribution is 0.0683. The summed E-state index contributed by atoms with van der Waals surface area (Å²) in [5, 5.41) is 2.10. The van der Waals surface area contributed by atoms with Gasteiger partial charge in [0, 0.05) is 54.8 Å². The second kappa shape index (κ2) is 8.30. The molecule has 0 spiro atoms. The van der Waals surface area contributed by atoms with Gasteiger partial charge in [-0.25, -0.2) is 19.7 Å². The molecule has 1 saturated heterocycles. The predicted octanol–water partition coefficient (Wildman–Crippen LogP) is 3.35. The number of nitrogens with zero attached hydrogens (tertiary/aromatic N) is 6. The minimum absolute atomic E-state index is 0.0636. The Hall–Kier alpha value is -3.53. The average molecular weight is 490 g/mol. The van der Waals surface area contributed by atoms with Crippen molar-refractivity contribution in [2.45, 2.75) is 44.7 Å². The number of fused-ring (bicyclic) bond motifs is 2. The molecule has 4 aromatic rings. The van der Waals surface area contributed by atoms with Crippen LogP contribution in [-0.4, -0.2) is 54.9 Å². The summed E-state index contributed by atoms with van der Waals surface area (Å²) in [6, 6.07) is 7.79. The highest BCUT2D eigenvalue weighted by Crippen LogP contribution is 2.37. The van der Waals surface area contributed by atoms with Crippen molar-refractivity contribution in [1.29, 1.82) is 0 Å². The lowest BCUT2D eigenvalue weighted by Gasteiger charge is -2.38. The van der Waals surface area contributed by atoms with E-state index in [2.05, 4.69) is 50.1 Å². The fourth-order valence-corrected chi connectivity index (χ4v) is 6.52. The van der Waals surface area contributed by atoms with Crippen LogP contribution in [0.3, 0.4) is 0 Å². The third kappa shape index (κ3) is 3.81. The lowest BCUT2D eigenvalue weighted by Crippen LogP contribution is -2.44. The van der Waals surface area contributed by atoms with Crippen LogP contribution in [0.2, 0.25) is 0 Å². The molecule has 0 aliphatic carbocycles. The molecule has 1 fully saturated rings. The van der Waals surface area contributed by atoms with E-state index in [1.165, 1.54) is 16.8 Å². The summed E-state index contributed by atoms with van der Waals surface area (Å²) in [6.07, 6.45) is 4.77. The maximum atomic E-state index is 13.4. The highest BCUT2D eigenvalue weighted by atomic mass is 32.1. The van der Waals surface area contributed by atoms with Crippen LogP contribution in [0.15, 0.2) is 47.0 Å². The second-order valence-electron chi connectivity index (χ2n) is 9.97. The number of aromatic amines is 1. The van der Waals surface area contributed by atoms with Gasteiger partial charge in [0.15, 0.2) is 5.65 Å². The first-order valence-electron chi connectivity index (χ1n) is 11.9. The molecule has 1 amide bonds. The quantitative estimate of drug-likeness (QED) is 0.474. The minimum atomic E-state index is -0.120. The van der Waals surface area contributed by atoms with Gasteiger partial charge in [0.2, 0.25) is 0 Å². The van der Waals surface area contributed by atoms with Gasteiger partial charge in [-0.2, -0.15) is 0 Å². The molecule has 35 heavy (non-hydrogen) atoms. The van der Waals surface area contributed by atoms with Crippen LogP contribution in [0, 0.1) is 0 Å². The van der Waals surface area contributed by atoms with Gasteiger partial charge in [-0.15, -0.1) is 11.3 Å². The van der Waals surface area contributed by atoms with E-state index in [0.717, 1.165) is 37.3 Å². The number of carbonyl (C=O) groups excluding carboxylic acids is 1. The van der Waals surface area contributed by atoms with Gasteiger partial charge in [-0.1, -0.05) is 13.8 Å². The number of anilines is 1. The van der Waals surface area contributed by atoms with Gasteiger partial charge in [0.25, 0.3) is 5.91 Å². The second-order valence-corrected chi connectivity index (χ2v) is 10.9. The molecule has 2 aliphatic heterocycles. The number of pyridine rings is 1. The number of carbonyl (C=O) groups is 1. The first kappa shape index (κ1) is 22.0. The Balaban J connectivity index is 1.18. The van der Waals surface area contributed by atoms with Gasteiger partial charge in [0.1, 0.15) is 17.8 Å². The number of H-pyrrole nitrogens is 1. The molecule has 180 valence electrons. The van der Waals surface area contributed by atoms with Crippen molar-refractivity contribution in [3.05, 3.63) is 68.8 Å². The number of amides is 1. The van der Waals surface area contributed by atoms with Gasteiger partial charge >= 0.3 is 5.69 Å². The molecule has 4 aromatic heterocycles. The molecule has 10 heteroatoms. The van der Waals surface area contributed by atoms with E-state index < -0.39 is 0 Å². The minimum Gasteiger partial charge on any atom is -0.356 e. The molecule has 6 heterocycles. The monoisotopic (exact) mass is 489 g/mol. The smallest absolute Gasteiger partial charge is 0.327 e. The number of nitrogens with one attached hydrogen (secondary N) is 1. The summed E-state index contributed by atoms with van der Waals surface area (Å²) in [5.41, 5.74) is 2.90. The molecule has 0 aromatic carbocycles. The van der Waals surface area contributed by atoms with Crippen molar-refractivity contribution < 1.29 is 4.79 Å². The molecular weight excluding hydrogens is 462 g/mol. The number of rotatable bonds is 3. The molecule has 1 N–H and O–H groups in total. The largest absolute Gasteiger partial charge is 0.356 e. The SMILES string of the molecule is CC1(C)CN(C(=O)c2cc(N3CCC(n4c(=O)[nH]c5ncccc54)CC3)ncn2)Cc2ccsc21. The summed E-state index contributed by atoms with van der Waals surface area (Å²) < 4.78 is 1.82. The Morgan fingerprint density at radius 1 is 1.17 bits per heavy atom. The fourth-order valence-electron chi connectivity index (χ4n) is 5.48. The fraction of sp³-hybridized carbons (Fsp3) is 0.400. The Morgan fingerprint density at radius 2 is 2.00 bits per heavy atom. The molecule has 0 saturated carbocycles. The zero-order chi connectivity index (χ0) is 24.2. The highest BCUT2D eigenvalue weighted by Gasteiger charge is 2.35. The number of hydrogen-bond donors (Lipinski definition) is 1. The van der Waals surface area contributed by atoms with Crippen molar-refractivity contribution in [3.8, 4) is 0 Å². The first-order valence-corrected chi connectivity index (χ1v) is 12.8. The van der Waals surface area contributed by atoms with Gasteiger partial charge < -0.3 is 9.80 Å². The predicted molar refractivity (Wildman–Crippen MR) is 135 cm³/mol. The van der Waals surface area contributed by atoms with Crippen LogP contribution in [-0.2, 0) is 12.0 Å². The van der Waals surface area contributed by atoms with Crippen LogP contribution in [0.1, 0.15) is 53.7 Å².